The van der Waals surface area contributed by atoms with Crippen molar-refractivity contribution < 1.29 is 0 Å². The number of benzene rings is 1. The third-order valence-corrected chi connectivity index (χ3v) is 9.78. The second-order valence-corrected chi connectivity index (χ2v) is 12.1. The topological polar surface area (TPSA) is 30.2 Å². The van der Waals surface area contributed by atoms with E-state index in [1.54, 1.807) is 0 Å². The first-order valence-electron chi connectivity index (χ1n) is 14.2. The van der Waals surface area contributed by atoms with Crippen LogP contribution in [0.15, 0.2) is 30.5 Å². The number of hydrogen-bond donors (Lipinski definition) is 0. The molecule has 2 heterocycles. The number of aromatic nitrogens is 3. The van der Waals surface area contributed by atoms with Gasteiger partial charge in [0, 0.05) is 11.5 Å². The van der Waals surface area contributed by atoms with Gasteiger partial charge in [0.1, 0.15) is 5.01 Å². The molecule has 4 heteroatoms. The lowest BCUT2D eigenvalue weighted by molar-refractivity contribution is 0.301. The highest BCUT2D eigenvalue weighted by Crippen LogP contribution is 2.40. The third-order valence-electron chi connectivity index (χ3n) is 8.69. The summed E-state index contributed by atoms with van der Waals surface area (Å²) in [4.78, 5) is 6.00. The predicted octanol–water partition coefficient (Wildman–Crippen LogP) is 9.39. The summed E-state index contributed by atoms with van der Waals surface area (Å²) in [5.74, 6) is 3.31. The molecular weight excluding hydrogens is 434 g/mol. The summed E-state index contributed by atoms with van der Waals surface area (Å²) in [7, 11) is 0. The molecule has 0 amide bonds. The molecule has 2 aliphatic rings. The van der Waals surface area contributed by atoms with E-state index in [9.17, 15) is 0 Å². The highest BCUT2D eigenvalue weighted by molar-refractivity contribution is 7.16. The highest BCUT2D eigenvalue weighted by Gasteiger charge is 2.25. The van der Waals surface area contributed by atoms with Crippen LogP contribution in [0.25, 0.3) is 16.2 Å². The molecular formula is C30H43N3S. The van der Waals surface area contributed by atoms with Crippen molar-refractivity contribution in [3.8, 4) is 11.3 Å². The summed E-state index contributed by atoms with van der Waals surface area (Å²) >= 11 is 1.81. The summed E-state index contributed by atoms with van der Waals surface area (Å²) in [5, 5.41) is 6.27. The van der Waals surface area contributed by atoms with Crippen LogP contribution in [0.3, 0.4) is 0 Å². The molecule has 34 heavy (non-hydrogen) atoms. The molecule has 3 nitrogen and oxygen atoms in total. The monoisotopic (exact) mass is 477 g/mol. The summed E-state index contributed by atoms with van der Waals surface area (Å²) in [6, 6.07) is 9.26. The van der Waals surface area contributed by atoms with Crippen molar-refractivity contribution >= 4 is 16.3 Å². The van der Waals surface area contributed by atoms with E-state index in [0.29, 0.717) is 5.92 Å². The SMILES string of the molecule is CCCCCC1CCC(c2nn3cc(-c4ccc(C5CCC(CCC)CC5)cc4)nc3s2)CC1. The van der Waals surface area contributed by atoms with Crippen LogP contribution in [0, 0.1) is 11.8 Å². The minimum Gasteiger partial charge on any atom is -0.217 e. The Morgan fingerprint density at radius 2 is 1.47 bits per heavy atom. The van der Waals surface area contributed by atoms with Crippen molar-refractivity contribution in [2.24, 2.45) is 11.8 Å². The van der Waals surface area contributed by atoms with Crippen LogP contribution in [-0.2, 0) is 0 Å². The molecule has 184 valence electrons. The Bertz CT molecular complexity index is 986. The molecule has 0 spiro atoms. The Kier molecular flexibility index (Phi) is 8.04. The number of nitrogens with zero attached hydrogens (tertiary/aromatic N) is 3. The number of hydrogen-bond acceptors (Lipinski definition) is 3. The van der Waals surface area contributed by atoms with Crippen molar-refractivity contribution in [2.45, 2.75) is 116 Å². The fourth-order valence-corrected chi connectivity index (χ4v) is 7.57. The van der Waals surface area contributed by atoms with Gasteiger partial charge in [0.05, 0.1) is 11.9 Å². The fraction of sp³-hybridized carbons (Fsp3) is 0.667. The Balaban J connectivity index is 1.18. The summed E-state index contributed by atoms with van der Waals surface area (Å²) in [5.41, 5.74) is 3.80. The van der Waals surface area contributed by atoms with Gasteiger partial charge in [-0.1, -0.05) is 88.0 Å². The number of fused-ring (bicyclic) bond motifs is 1. The molecule has 2 aromatic heterocycles. The van der Waals surface area contributed by atoms with Gasteiger partial charge in [-0.3, -0.25) is 0 Å². The van der Waals surface area contributed by atoms with Gasteiger partial charge in [0.25, 0.3) is 0 Å². The molecule has 0 N–H and O–H groups in total. The van der Waals surface area contributed by atoms with Crippen LogP contribution in [0.1, 0.15) is 126 Å². The maximum atomic E-state index is 4.97. The van der Waals surface area contributed by atoms with Gasteiger partial charge in [-0.2, -0.15) is 5.10 Å². The Labute approximate surface area is 210 Å². The number of rotatable bonds is 9. The lowest BCUT2D eigenvalue weighted by Crippen LogP contribution is -2.13. The van der Waals surface area contributed by atoms with Gasteiger partial charge in [0.2, 0.25) is 4.96 Å². The van der Waals surface area contributed by atoms with E-state index in [0.717, 1.165) is 28.4 Å². The quantitative estimate of drug-likeness (QED) is 0.287. The first kappa shape index (κ1) is 24.0. The van der Waals surface area contributed by atoms with Gasteiger partial charge < -0.3 is 0 Å². The molecule has 0 saturated heterocycles. The Morgan fingerprint density at radius 3 is 2.12 bits per heavy atom. The van der Waals surface area contributed by atoms with Crippen molar-refractivity contribution in [1.29, 1.82) is 0 Å². The van der Waals surface area contributed by atoms with Gasteiger partial charge in [-0.25, -0.2) is 9.50 Å². The van der Waals surface area contributed by atoms with Crippen molar-refractivity contribution in [3.63, 3.8) is 0 Å². The molecule has 2 saturated carbocycles. The zero-order chi connectivity index (χ0) is 23.3. The van der Waals surface area contributed by atoms with E-state index in [1.165, 1.54) is 106 Å². The van der Waals surface area contributed by atoms with Gasteiger partial charge >= 0.3 is 0 Å². The fourth-order valence-electron chi connectivity index (χ4n) is 6.52. The van der Waals surface area contributed by atoms with Crippen LogP contribution < -0.4 is 0 Å². The minimum atomic E-state index is 0.643. The van der Waals surface area contributed by atoms with E-state index in [4.69, 9.17) is 10.1 Å². The number of imidazole rings is 1. The molecule has 2 aliphatic carbocycles. The van der Waals surface area contributed by atoms with E-state index >= 15 is 0 Å². The zero-order valence-corrected chi connectivity index (χ0v) is 22.2. The molecule has 2 fully saturated rings. The summed E-state index contributed by atoms with van der Waals surface area (Å²) < 4.78 is 2.03. The van der Waals surface area contributed by atoms with Crippen molar-refractivity contribution in [2.75, 3.05) is 0 Å². The normalized spacial score (nSPS) is 25.7. The molecule has 0 unspecified atom stereocenters. The first-order chi connectivity index (χ1) is 16.7. The average molecular weight is 478 g/mol. The lowest BCUT2D eigenvalue weighted by Gasteiger charge is -2.28. The zero-order valence-electron chi connectivity index (χ0n) is 21.3. The molecule has 1 aromatic carbocycles. The van der Waals surface area contributed by atoms with Crippen LogP contribution in [0.4, 0.5) is 0 Å². The average Bonchev–Trinajstić information content (AvgIpc) is 3.45. The van der Waals surface area contributed by atoms with E-state index < -0.39 is 0 Å². The van der Waals surface area contributed by atoms with E-state index in [2.05, 4.69) is 44.3 Å². The second-order valence-electron chi connectivity index (χ2n) is 11.1. The summed E-state index contributed by atoms with van der Waals surface area (Å²) in [6.07, 6.45) is 21.4. The number of unbranched alkanes of at least 4 members (excludes halogenated alkanes) is 2. The molecule has 0 radical (unpaired) electrons. The highest BCUT2D eigenvalue weighted by atomic mass is 32.1. The largest absolute Gasteiger partial charge is 0.217 e. The first-order valence-corrected chi connectivity index (χ1v) is 15.0. The van der Waals surface area contributed by atoms with Gasteiger partial charge in [-0.15, -0.1) is 0 Å². The second kappa shape index (κ2) is 11.4. The van der Waals surface area contributed by atoms with Gasteiger partial charge in [0.15, 0.2) is 0 Å². The standard InChI is InChI=1S/C30H43N3S/c1-3-5-6-8-23-11-15-27(16-12-23)29-32-33-21-28(31-30(33)34-29)26-19-17-25(18-20-26)24-13-9-22(7-4-2)10-14-24/h17-24,27H,3-16H2,1-2H3. The van der Waals surface area contributed by atoms with Crippen LogP contribution in [0.5, 0.6) is 0 Å². The van der Waals surface area contributed by atoms with Crippen LogP contribution >= 0.6 is 11.3 Å². The molecule has 3 aromatic rings. The maximum Gasteiger partial charge on any atom is 0.212 e. The van der Waals surface area contributed by atoms with Gasteiger partial charge in [-0.05, 0) is 74.7 Å². The lowest BCUT2D eigenvalue weighted by atomic mass is 9.77. The van der Waals surface area contributed by atoms with E-state index in [1.807, 2.05) is 15.9 Å². The van der Waals surface area contributed by atoms with Crippen molar-refractivity contribution in [3.05, 3.63) is 41.0 Å². The van der Waals surface area contributed by atoms with Crippen LogP contribution in [0.2, 0.25) is 0 Å². The Morgan fingerprint density at radius 1 is 0.794 bits per heavy atom. The minimum absolute atomic E-state index is 0.643. The molecule has 5 rings (SSSR count). The van der Waals surface area contributed by atoms with Crippen LogP contribution in [-0.4, -0.2) is 14.6 Å². The predicted molar refractivity (Wildman–Crippen MR) is 145 cm³/mol. The maximum absolute atomic E-state index is 4.97. The summed E-state index contributed by atoms with van der Waals surface area (Å²) in [6.45, 7) is 4.62. The van der Waals surface area contributed by atoms with Crippen molar-refractivity contribution in [1.82, 2.24) is 14.6 Å². The smallest absolute Gasteiger partial charge is 0.212 e. The molecule has 0 atom stereocenters. The van der Waals surface area contributed by atoms with E-state index in [-0.39, 0.29) is 0 Å². The third kappa shape index (κ3) is 5.58. The molecule has 0 bridgehead atoms. The Hall–Kier alpha value is -1.68. The molecule has 0 aliphatic heterocycles.